The molecule has 1 rings (SSSR count). The van der Waals surface area contributed by atoms with Crippen LogP contribution < -0.4 is 16.4 Å². The van der Waals surface area contributed by atoms with Crippen molar-refractivity contribution in [3.8, 4) is 0 Å². The molecule has 0 radical (unpaired) electrons. The summed E-state index contributed by atoms with van der Waals surface area (Å²) in [6.45, 7) is 2.94. The third kappa shape index (κ3) is 4.38. The summed E-state index contributed by atoms with van der Waals surface area (Å²) < 4.78 is 0. The average Bonchev–Trinajstić information content (AvgIpc) is 2.34. The molecule has 0 aliphatic carbocycles. The van der Waals surface area contributed by atoms with Crippen molar-refractivity contribution in [1.29, 1.82) is 0 Å². The summed E-state index contributed by atoms with van der Waals surface area (Å²) in [6, 6.07) is 5.83. The highest BCUT2D eigenvalue weighted by Gasteiger charge is 2.08. The number of carbonyl (C=O) groups excluding carboxylic acids is 1. The first-order valence-corrected chi connectivity index (χ1v) is 5.51. The number of urea groups is 1. The molecular weight excluding hydrogens is 236 g/mol. The average molecular weight is 252 g/mol. The summed E-state index contributed by atoms with van der Waals surface area (Å²) in [7, 11) is 0. The van der Waals surface area contributed by atoms with E-state index >= 15 is 0 Å². The molecule has 0 fully saturated rings. The van der Waals surface area contributed by atoms with Gasteiger partial charge in [0.05, 0.1) is 4.92 Å². The van der Waals surface area contributed by atoms with Gasteiger partial charge in [0.25, 0.3) is 5.69 Å². The van der Waals surface area contributed by atoms with E-state index in [4.69, 9.17) is 5.73 Å². The highest BCUT2D eigenvalue weighted by molar-refractivity contribution is 5.71. The number of hydrogen-bond acceptors (Lipinski definition) is 4. The van der Waals surface area contributed by atoms with E-state index in [1.807, 2.05) is 6.92 Å². The Bertz CT molecular complexity index is 419. The van der Waals surface area contributed by atoms with Crippen molar-refractivity contribution in [3.05, 3.63) is 39.9 Å². The van der Waals surface area contributed by atoms with Crippen LogP contribution in [0.5, 0.6) is 0 Å². The van der Waals surface area contributed by atoms with Gasteiger partial charge in [-0.1, -0.05) is 12.1 Å². The van der Waals surface area contributed by atoms with Gasteiger partial charge in [0.1, 0.15) is 0 Å². The third-order valence-corrected chi connectivity index (χ3v) is 2.48. The lowest BCUT2D eigenvalue weighted by molar-refractivity contribution is -0.384. The number of nitrogens with zero attached hydrogens (tertiary/aromatic N) is 1. The SMILES string of the molecule is CC(NCCNC(N)=O)c1ccc([N+](=O)[O-])cc1. The largest absolute Gasteiger partial charge is 0.352 e. The summed E-state index contributed by atoms with van der Waals surface area (Å²) in [5.74, 6) is 0. The van der Waals surface area contributed by atoms with Gasteiger partial charge in [-0.2, -0.15) is 0 Å². The number of non-ortho nitro benzene ring substituents is 1. The minimum Gasteiger partial charge on any atom is -0.352 e. The summed E-state index contributed by atoms with van der Waals surface area (Å²) in [5.41, 5.74) is 5.94. The number of rotatable bonds is 6. The Hall–Kier alpha value is -2.15. The number of carbonyl (C=O) groups is 1. The van der Waals surface area contributed by atoms with Gasteiger partial charge in [0.15, 0.2) is 0 Å². The Morgan fingerprint density at radius 1 is 1.39 bits per heavy atom. The second-order valence-corrected chi connectivity index (χ2v) is 3.82. The summed E-state index contributed by atoms with van der Waals surface area (Å²) in [5, 5.41) is 16.1. The lowest BCUT2D eigenvalue weighted by Crippen LogP contribution is -2.35. The zero-order valence-corrected chi connectivity index (χ0v) is 10.1. The molecule has 0 heterocycles. The van der Waals surface area contributed by atoms with Gasteiger partial charge in [-0.15, -0.1) is 0 Å². The molecule has 0 saturated heterocycles. The zero-order chi connectivity index (χ0) is 13.5. The molecule has 7 nitrogen and oxygen atoms in total. The van der Waals surface area contributed by atoms with E-state index < -0.39 is 11.0 Å². The van der Waals surface area contributed by atoms with Crippen LogP contribution in [0.25, 0.3) is 0 Å². The first-order chi connectivity index (χ1) is 8.50. The number of nitro benzene ring substituents is 1. The maximum absolute atomic E-state index is 10.5. The van der Waals surface area contributed by atoms with Gasteiger partial charge in [-0.05, 0) is 12.5 Å². The van der Waals surface area contributed by atoms with Crippen molar-refractivity contribution < 1.29 is 9.72 Å². The highest BCUT2D eigenvalue weighted by Crippen LogP contribution is 2.16. The summed E-state index contributed by atoms with van der Waals surface area (Å²) >= 11 is 0. The normalized spacial score (nSPS) is 11.8. The Morgan fingerprint density at radius 2 is 2.00 bits per heavy atom. The molecule has 1 atom stereocenters. The predicted molar refractivity (Wildman–Crippen MR) is 67.1 cm³/mol. The molecule has 0 aliphatic rings. The third-order valence-electron chi connectivity index (χ3n) is 2.48. The molecule has 0 saturated carbocycles. The van der Waals surface area contributed by atoms with Crippen molar-refractivity contribution in [1.82, 2.24) is 10.6 Å². The van der Waals surface area contributed by atoms with Crippen LogP contribution >= 0.6 is 0 Å². The monoisotopic (exact) mass is 252 g/mol. The molecule has 7 heteroatoms. The van der Waals surface area contributed by atoms with Crippen molar-refractivity contribution in [2.75, 3.05) is 13.1 Å². The number of primary amides is 1. The van der Waals surface area contributed by atoms with E-state index in [0.717, 1.165) is 5.56 Å². The van der Waals surface area contributed by atoms with Crippen molar-refractivity contribution in [2.45, 2.75) is 13.0 Å². The van der Waals surface area contributed by atoms with E-state index in [1.54, 1.807) is 12.1 Å². The molecule has 1 aromatic rings. The number of nitro groups is 1. The number of benzene rings is 1. The minimum atomic E-state index is -0.556. The maximum atomic E-state index is 10.5. The quantitative estimate of drug-likeness (QED) is 0.397. The zero-order valence-electron chi connectivity index (χ0n) is 10.1. The molecular formula is C11H16N4O3. The molecule has 18 heavy (non-hydrogen) atoms. The molecule has 0 aromatic heterocycles. The second kappa shape index (κ2) is 6.55. The molecule has 2 amide bonds. The van der Waals surface area contributed by atoms with Gasteiger partial charge in [-0.3, -0.25) is 10.1 Å². The fraction of sp³-hybridized carbons (Fsp3) is 0.364. The summed E-state index contributed by atoms with van der Waals surface area (Å²) in [6.07, 6.45) is 0. The lowest BCUT2D eigenvalue weighted by atomic mass is 10.1. The second-order valence-electron chi connectivity index (χ2n) is 3.82. The van der Waals surface area contributed by atoms with Crippen LogP contribution in [0.1, 0.15) is 18.5 Å². The van der Waals surface area contributed by atoms with Crippen LogP contribution in [0.4, 0.5) is 10.5 Å². The molecule has 98 valence electrons. The fourth-order valence-corrected chi connectivity index (χ4v) is 1.48. The molecule has 0 aliphatic heterocycles. The van der Waals surface area contributed by atoms with Gasteiger partial charge in [-0.25, -0.2) is 4.79 Å². The van der Waals surface area contributed by atoms with E-state index in [9.17, 15) is 14.9 Å². The molecule has 4 N–H and O–H groups in total. The number of nitrogens with one attached hydrogen (secondary N) is 2. The van der Waals surface area contributed by atoms with Crippen LogP contribution in [-0.2, 0) is 0 Å². The maximum Gasteiger partial charge on any atom is 0.312 e. The Balaban J connectivity index is 2.44. The van der Waals surface area contributed by atoms with Crippen molar-refractivity contribution in [2.24, 2.45) is 5.73 Å². The molecule has 0 spiro atoms. The number of hydrogen-bond donors (Lipinski definition) is 3. The van der Waals surface area contributed by atoms with Crippen LogP contribution in [0.3, 0.4) is 0 Å². The highest BCUT2D eigenvalue weighted by atomic mass is 16.6. The van der Waals surface area contributed by atoms with Gasteiger partial charge in [0.2, 0.25) is 0 Å². The van der Waals surface area contributed by atoms with E-state index in [2.05, 4.69) is 10.6 Å². The van der Waals surface area contributed by atoms with Gasteiger partial charge < -0.3 is 16.4 Å². The van der Waals surface area contributed by atoms with Crippen LogP contribution in [-0.4, -0.2) is 24.0 Å². The number of nitrogens with two attached hydrogens (primary N) is 1. The van der Waals surface area contributed by atoms with E-state index in [-0.39, 0.29) is 11.7 Å². The molecule has 1 unspecified atom stereocenters. The van der Waals surface area contributed by atoms with E-state index in [0.29, 0.717) is 13.1 Å². The fourth-order valence-electron chi connectivity index (χ4n) is 1.48. The van der Waals surface area contributed by atoms with Crippen molar-refractivity contribution >= 4 is 11.7 Å². The first-order valence-electron chi connectivity index (χ1n) is 5.51. The topological polar surface area (TPSA) is 110 Å². The Morgan fingerprint density at radius 3 is 2.50 bits per heavy atom. The minimum absolute atomic E-state index is 0.0421. The Kier molecular flexibility index (Phi) is 5.06. The van der Waals surface area contributed by atoms with Crippen LogP contribution in [0.2, 0.25) is 0 Å². The standard InChI is InChI=1S/C11H16N4O3/c1-8(13-6-7-14-11(12)16)9-2-4-10(5-3-9)15(17)18/h2-5,8,13H,6-7H2,1H3,(H3,12,14,16). The smallest absolute Gasteiger partial charge is 0.312 e. The molecule has 1 aromatic carbocycles. The van der Waals surface area contributed by atoms with E-state index in [1.165, 1.54) is 12.1 Å². The van der Waals surface area contributed by atoms with Crippen LogP contribution in [0.15, 0.2) is 24.3 Å². The van der Waals surface area contributed by atoms with Gasteiger partial charge >= 0.3 is 6.03 Å². The number of amides is 2. The van der Waals surface area contributed by atoms with Crippen LogP contribution in [0, 0.1) is 10.1 Å². The Labute approximate surface area is 105 Å². The van der Waals surface area contributed by atoms with Crippen molar-refractivity contribution in [3.63, 3.8) is 0 Å². The molecule has 0 bridgehead atoms. The lowest BCUT2D eigenvalue weighted by Gasteiger charge is -2.14. The summed E-state index contributed by atoms with van der Waals surface area (Å²) in [4.78, 5) is 20.5. The predicted octanol–water partition coefficient (Wildman–Crippen LogP) is 0.914. The first kappa shape index (κ1) is 13.9. The van der Waals surface area contributed by atoms with Gasteiger partial charge in [0, 0.05) is 31.3 Å².